The summed E-state index contributed by atoms with van der Waals surface area (Å²) in [6.45, 7) is 1.98. The molecule has 0 atom stereocenters. The molecule has 0 fully saturated rings. The van der Waals surface area contributed by atoms with E-state index in [-0.39, 0.29) is 5.69 Å². The first-order valence-electron chi connectivity index (χ1n) is 6.66. The van der Waals surface area contributed by atoms with Gasteiger partial charge in [-0.25, -0.2) is 4.68 Å². The second kappa shape index (κ2) is 5.66. The van der Waals surface area contributed by atoms with E-state index >= 15 is 0 Å². The minimum absolute atomic E-state index is 0.247. The number of hydrogen-bond donors (Lipinski definition) is 0. The molecule has 0 saturated heterocycles. The summed E-state index contributed by atoms with van der Waals surface area (Å²) in [5.74, 6) is 0.658. The van der Waals surface area contributed by atoms with Gasteiger partial charge in [-0.3, -0.25) is 4.98 Å². The van der Waals surface area contributed by atoms with E-state index in [1.165, 1.54) is 0 Å². The van der Waals surface area contributed by atoms with Crippen LogP contribution in [0.5, 0.6) is 5.75 Å². The molecule has 6 nitrogen and oxygen atoms in total. The van der Waals surface area contributed by atoms with Crippen molar-refractivity contribution in [1.82, 2.24) is 20.0 Å². The van der Waals surface area contributed by atoms with E-state index in [0.29, 0.717) is 11.4 Å². The number of methoxy groups -OCH3 is 1. The SMILES string of the molecule is COc1ccc(C)cc1-n1nnc(C#N)c1-c1cccnc1. The lowest BCUT2D eigenvalue weighted by molar-refractivity contribution is 0.411. The Kier molecular flexibility index (Phi) is 3.54. The van der Waals surface area contributed by atoms with E-state index in [9.17, 15) is 5.26 Å². The van der Waals surface area contributed by atoms with Crippen LogP contribution in [-0.2, 0) is 0 Å². The van der Waals surface area contributed by atoms with Crippen molar-refractivity contribution in [2.75, 3.05) is 7.11 Å². The average molecular weight is 291 g/mol. The van der Waals surface area contributed by atoms with Gasteiger partial charge in [0, 0.05) is 18.0 Å². The highest BCUT2D eigenvalue weighted by Gasteiger charge is 2.18. The van der Waals surface area contributed by atoms with Gasteiger partial charge >= 0.3 is 0 Å². The van der Waals surface area contributed by atoms with E-state index in [2.05, 4.69) is 21.4 Å². The minimum Gasteiger partial charge on any atom is -0.494 e. The van der Waals surface area contributed by atoms with Gasteiger partial charge in [-0.15, -0.1) is 5.10 Å². The number of ether oxygens (including phenoxy) is 1. The summed E-state index contributed by atoms with van der Waals surface area (Å²) >= 11 is 0. The lowest BCUT2D eigenvalue weighted by Crippen LogP contribution is -2.03. The predicted octanol–water partition coefficient (Wildman–Crippen LogP) is 2.52. The molecule has 0 aliphatic carbocycles. The van der Waals surface area contributed by atoms with E-state index in [1.807, 2.05) is 31.2 Å². The van der Waals surface area contributed by atoms with E-state index in [4.69, 9.17) is 4.74 Å². The topological polar surface area (TPSA) is 76.6 Å². The molecular formula is C16H13N5O. The highest BCUT2D eigenvalue weighted by atomic mass is 16.5. The summed E-state index contributed by atoms with van der Waals surface area (Å²) in [5.41, 5.74) is 3.40. The van der Waals surface area contributed by atoms with Crippen molar-refractivity contribution in [3.8, 4) is 28.8 Å². The summed E-state index contributed by atoms with van der Waals surface area (Å²) in [6, 6.07) is 11.5. The molecule has 3 aromatic rings. The van der Waals surface area contributed by atoms with Gasteiger partial charge in [0.2, 0.25) is 0 Å². The molecule has 0 aliphatic heterocycles. The first-order valence-corrected chi connectivity index (χ1v) is 6.66. The first-order chi connectivity index (χ1) is 10.7. The standard InChI is InChI=1S/C16H13N5O/c1-11-5-6-15(22-2)14(8-11)21-16(13(9-17)19-20-21)12-4-3-7-18-10-12/h3-8,10H,1-2H3. The third kappa shape index (κ3) is 2.29. The van der Waals surface area contributed by atoms with Gasteiger partial charge in [-0.05, 0) is 36.8 Å². The van der Waals surface area contributed by atoms with Crippen LogP contribution in [0.15, 0.2) is 42.7 Å². The number of pyridine rings is 1. The number of aryl methyl sites for hydroxylation is 1. The fraction of sp³-hybridized carbons (Fsp3) is 0.125. The second-order valence-electron chi connectivity index (χ2n) is 4.73. The van der Waals surface area contributed by atoms with E-state index < -0.39 is 0 Å². The molecule has 0 saturated carbocycles. The Hall–Kier alpha value is -3.20. The molecule has 0 amide bonds. The van der Waals surface area contributed by atoms with Gasteiger partial charge in [0.15, 0.2) is 5.69 Å². The van der Waals surface area contributed by atoms with Crippen LogP contribution in [0.3, 0.4) is 0 Å². The highest BCUT2D eigenvalue weighted by Crippen LogP contribution is 2.29. The van der Waals surface area contributed by atoms with Crippen LogP contribution in [-0.4, -0.2) is 27.1 Å². The van der Waals surface area contributed by atoms with Gasteiger partial charge in [-0.1, -0.05) is 11.3 Å². The smallest absolute Gasteiger partial charge is 0.191 e. The second-order valence-corrected chi connectivity index (χ2v) is 4.73. The van der Waals surface area contributed by atoms with Gasteiger partial charge in [0.05, 0.1) is 7.11 Å². The Bertz CT molecular complexity index is 849. The zero-order valence-corrected chi connectivity index (χ0v) is 12.2. The molecule has 0 aliphatic rings. The van der Waals surface area contributed by atoms with Crippen molar-refractivity contribution in [3.05, 3.63) is 54.0 Å². The van der Waals surface area contributed by atoms with Crippen molar-refractivity contribution in [2.24, 2.45) is 0 Å². The summed E-state index contributed by atoms with van der Waals surface area (Å²) in [7, 11) is 1.60. The number of aromatic nitrogens is 4. The molecule has 2 heterocycles. The van der Waals surface area contributed by atoms with E-state index in [1.54, 1.807) is 30.3 Å². The normalized spacial score (nSPS) is 10.2. The fourth-order valence-corrected chi connectivity index (χ4v) is 2.25. The third-order valence-electron chi connectivity index (χ3n) is 3.27. The lowest BCUT2D eigenvalue weighted by Gasteiger charge is -2.11. The van der Waals surface area contributed by atoms with Crippen molar-refractivity contribution >= 4 is 0 Å². The maximum atomic E-state index is 9.30. The van der Waals surface area contributed by atoms with Crippen molar-refractivity contribution in [1.29, 1.82) is 5.26 Å². The molecular weight excluding hydrogens is 278 g/mol. The van der Waals surface area contributed by atoms with Crippen molar-refractivity contribution < 1.29 is 4.74 Å². The summed E-state index contributed by atoms with van der Waals surface area (Å²) < 4.78 is 7.01. The number of hydrogen-bond acceptors (Lipinski definition) is 5. The summed E-state index contributed by atoms with van der Waals surface area (Å²) in [5, 5.41) is 17.4. The maximum Gasteiger partial charge on any atom is 0.191 e. The number of benzene rings is 1. The van der Waals surface area contributed by atoms with Crippen molar-refractivity contribution in [2.45, 2.75) is 6.92 Å². The molecule has 0 radical (unpaired) electrons. The van der Waals surface area contributed by atoms with Crippen LogP contribution in [0, 0.1) is 18.3 Å². The number of nitrogens with zero attached hydrogens (tertiary/aromatic N) is 5. The Labute approximate surface area is 127 Å². The largest absolute Gasteiger partial charge is 0.494 e. The van der Waals surface area contributed by atoms with Crippen molar-refractivity contribution in [3.63, 3.8) is 0 Å². The molecule has 2 aromatic heterocycles. The zero-order chi connectivity index (χ0) is 15.5. The average Bonchev–Trinajstić information content (AvgIpc) is 2.99. The minimum atomic E-state index is 0.247. The van der Waals surface area contributed by atoms with Crippen LogP contribution in [0.25, 0.3) is 16.9 Å². The van der Waals surface area contributed by atoms with Gasteiger partial charge < -0.3 is 4.74 Å². The molecule has 0 N–H and O–H groups in total. The summed E-state index contributed by atoms with van der Waals surface area (Å²) in [4.78, 5) is 4.10. The predicted molar refractivity (Wildman–Crippen MR) is 80.6 cm³/mol. The highest BCUT2D eigenvalue weighted by molar-refractivity contribution is 5.67. The lowest BCUT2D eigenvalue weighted by atomic mass is 10.1. The van der Waals surface area contributed by atoms with Gasteiger partial charge in [-0.2, -0.15) is 5.26 Å². The first kappa shape index (κ1) is 13.8. The summed E-state index contributed by atoms with van der Waals surface area (Å²) in [6.07, 6.45) is 3.36. The van der Waals surface area contributed by atoms with Crippen LogP contribution in [0.2, 0.25) is 0 Å². The maximum absolute atomic E-state index is 9.30. The molecule has 3 rings (SSSR count). The van der Waals surface area contributed by atoms with Crippen LogP contribution >= 0.6 is 0 Å². The monoisotopic (exact) mass is 291 g/mol. The molecule has 6 heteroatoms. The molecule has 0 spiro atoms. The molecule has 108 valence electrons. The Morgan fingerprint density at radius 2 is 2.14 bits per heavy atom. The Balaban J connectivity index is 2.28. The van der Waals surface area contributed by atoms with Crippen LogP contribution < -0.4 is 4.74 Å². The molecule has 0 unspecified atom stereocenters. The fourth-order valence-electron chi connectivity index (χ4n) is 2.25. The number of nitriles is 1. The van der Waals surface area contributed by atoms with E-state index in [0.717, 1.165) is 16.8 Å². The third-order valence-corrected chi connectivity index (χ3v) is 3.27. The van der Waals surface area contributed by atoms with Gasteiger partial charge in [0.25, 0.3) is 0 Å². The Morgan fingerprint density at radius 1 is 1.27 bits per heavy atom. The van der Waals surface area contributed by atoms with Crippen LogP contribution in [0.1, 0.15) is 11.3 Å². The Morgan fingerprint density at radius 3 is 2.82 bits per heavy atom. The molecule has 1 aromatic carbocycles. The van der Waals surface area contributed by atoms with Crippen LogP contribution in [0.4, 0.5) is 0 Å². The molecule has 22 heavy (non-hydrogen) atoms. The van der Waals surface area contributed by atoms with Gasteiger partial charge in [0.1, 0.15) is 23.2 Å². The molecule has 0 bridgehead atoms. The zero-order valence-electron chi connectivity index (χ0n) is 12.2. The number of rotatable bonds is 3. The quantitative estimate of drug-likeness (QED) is 0.741.